The van der Waals surface area contributed by atoms with E-state index in [2.05, 4.69) is 9.97 Å². The summed E-state index contributed by atoms with van der Waals surface area (Å²) in [6.45, 7) is -0.0141. The number of β-amino-alcohol motifs (C(OH)–C–C–N with tert-alkyl or cyclic N) is 1. The fourth-order valence-corrected chi connectivity index (χ4v) is 2.90. The summed E-state index contributed by atoms with van der Waals surface area (Å²) in [4.78, 5) is 21.4. The van der Waals surface area contributed by atoms with Gasteiger partial charge in [0, 0.05) is 18.3 Å². The molecule has 0 radical (unpaired) electrons. The van der Waals surface area contributed by atoms with Crippen molar-refractivity contribution in [3.8, 4) is 0 Å². The average molecular weight is 340 g/mol. The largest absolute Gasteiger partial charge is 0.391 e. The van der Waals surface area contributed by atoms with Crippen LogP contribution in [0, 0.1) is 11.6 Å². The number of carbonyl (C=O) groups is 1. The lowest BCUT2D eigenvalue weighted by Gasteiger charge is -2.25. The topological polar surface area (TPSA) is 66.3 Å². The molecule has 23 heavy (non-hydrogen) atoms. The van der Waals surface area contributed by atoms with E-state index < -0.39 is 29.7 Å². The molecule has 1 aromatic carbocycles. The van der Waals surface area contributed by atoms with Crippen LogP contribution in [0.15, 0.2) is 30.7 Å². The minimum atomic E-state index is -0.841. The fraction of sp³-hybridized carbons (Fsp3) is 0.267. The van der Waals surface area contributed by atoms with Gasteiger partial charge in [-0.05, 0) is 24.6 Å². The standard InChI is InChI=1S/C15H12ClF2N3O2/c16-11-5-19-7-20-14(11)15(23)21-6-9(22)4-13(21)10-3-8(17)1-2-12(10)18/h1-3,5,7,9,13,22H,4,6H2/t9-,13+/m1/s1. The van der Waals surface area contributed by atoms with Gasteiger partial charge in [-0.15, -0.1) is 0 Å². The minimum absolute atomic E-state index is 0.0140. The van der Waals surface area contributed by atoms with Crippen LogP contribution in [0.1, 0.15) is 28.5 Å². The summed E-state index contributed by atoms with van der Waals surface area (Å²) >= 11 is 5.92. The van der Waals surface area contributed by atoms with Gasteiger partial charge in [-0.3, -0.25) is 4.79 Å². The van der Waals surface area contributed by atoms with Crippen LogP contribution in [0.25, 0.3) is 0 Å². The fourth-order valence-electron chi connectivity index (χ4n) is 2.71. The number of aromatic nitrogens is 2. The molecule has 1 N–H and O–H groups in total. The predicted molar refractivity (Wildman–Crippen MR) is 77.8 cm³/mol. The van der Waals surface area contributed by atoms with E-state index in [4.69, 9.17) is 11.6 Å². The summed E-state index contributed by atoms with van der Waals surface area (Å²) in [5, 5.41) is 9.93. The van der Waals surface area contributed by atoms with Gasteiger partial charge in [-0.2, -0.15) is 0 Å². The molecule has 2 aromatic rings. The number of aliphatic hydroxyl groups excluding tert-OH is 1. The van der Waals surface area contributed by atoms with Gasteiger partial charge in [0.05, 0.1) is 17.2 Å². The predicted octanol–water partition coefficient (Wildman–Crippen LogP) is 2.36. The second kappa shape index (κ2) is 6.17. The number of likely N-dealkylation sites (tertiary alicyclic amines) is 1. The van der Waals surface area contributed by atoms with Crippen LogP contribution < -0.4 is 0 Å². The second-order valence-electron chi connectivity index (χ2n) is 5.25. The Kier molecular flexibility index (Phi) is 4.23. The Morgan fingerprint density at radius 1 is 1.39 bits per heavy atom. The zero-order valence-corrected chi connectivity index (χ0v) is 12.5. The number of nitrogens with zero attached hydrogens (tertiary/aromatic N) is 3. The zero-order valence-electron chi connectivity index (χ0n) is 11.8. The van der Waals surface area contributed by atoms with E-state index in [-0.39, 0.29) is 29.2 Å². The van der Waals surface area contributed by atoms with Crippen LogP contribution in [0.5, 0.6) is 0 Å². The van der Waals surface area contributed by atoms with Gasteiger partial charge in [0.2, 0.25) is 0 Å². The van der Waals surface area contributed by atoms with Crippen molar-refractivity contribution < 1.29 is 18.7 Å². The van der Waals surface area contributed by atoms with E-state index >= 15 is 0 Å². The molecule has 1 fully saturated rings. The number of amides is 1. The Morgan fingerprint density at radius 3 is 2.91 bits per heavy atom. The lowest BCUT2D eigenvalue weighted by Crippen LogP contribution is -2.33. The number of rotatable bonds is 2. The van der Waals surface area contributed by atoms with Crippen molar-refractivity contribution >= 4 is 17.5 Å². The molecule has 1 amide bonds. The molecule has 2 atom stereocenters. The zero-order chi connectivity index (χ0) is 16.6. The molecule has 120 valence electrons. The highest BCUT2D eigenvalue weighted by atomic mass is 35.5. The first-order chi connectivity index (χ1) is 11.0. The molecule has 1 aromatic heterocycles. The number of benzene rings is 1. The lowest BCUT2D eigenvalue weighted by molar-refractivity contribution is 0.0707. The summed E-state index contributed by atoms with van der Waals surface area (Å²) in [5.41, 5.74) is -0.0299. The van der Waals surface area contributed by atoms with Crippen molar-refractivity contribution in [2.45, 2.75) is 18.6 Å². The first kappa shape index (κ1) is 15.8. The van der Waals surface area contributed by atoms with Crippen molar-refractivity contribution in [2.24, 2.45) is 0 Å². The summed E-state index contributed by atoms with van der Waals surface area (Å²) in [5.74, 6) is -1.82. The monoisotopic (exact) mass is 339 g/mol. The van der Waals surface area contributed by atoms with Gasteiger partial charge >= 0.3 is 0 Å². The third-order valence-corrected chi connectivity index (χ3v) is 4.00. The number of hydrogen-bond donors (Lipinski definition) is 1. The second-order valence-corrected chi connectivity index (χ2v) is 5.66. The summed E-state index contributed by atoms with van der Waals surface area (Å²) < 4.78 is 27.5. The molecule has 0 aliphatic carbocycles. The van der Waals surface area contributed by atoms with Crippen LogP contribution in [0.4, 0.5) is 8.78 Å². The molecule has 0 unspecified atom stereocenters. The van der Waals surface area contributed by atoms with Crippen molar-refractivity contribution in [3.63, 3.8) is 0 Å². The van der Waals surface area contributed by atoms with Crippen molar-refractivity contribution in [1.29, 1.82) is 0 Å². The maximum atomic E-state index is 14.0. The maximum absolute atomic E-state index is 14.0. The van der Waals surface area contributed by atoms with E-state index in [1.165, 1.54) is 17.4 Å². The van der Waals surface area contributed by atoms with E-state index in [0.717, 1.165) is 18.2 Å². The van der Waals surface area contributed by atoms with Gasteiger partial charge in [0.15, 0.2) is 0 Å². The third kappa shape index (κ3) is 3.02. The molecule has 1 saturated heterocycles. The summed E-state index contributed by atoms with van der Waals surface area (Å²) in [7, 11) is 0. The Labute approximate surface area is 135 Å². The highest BCUT2D eigenvalue weighted by Gasteiger charge is 2.38. The molecule has 0 saturated carbocycles. The van der Waals surface area contributed by atoms with Crippen LogP contribution >= 0.6 is 11.6 Å². The molecule has 8 heteroatoms. The number of hydrogen-bond acceptors (Lipinski definition) is 4. The van der Waals surface area contributed by atoms with Gasteiger partial charge in [-0.25, -0.2) is 18.7 Å². The van der Waals surface area contributed by atoms with Crippen LogP contribution in [0.3, 0.4) is 0 Å². The summed E-state index contributed by atoms with van der Waals surface area (Å²) in [6, 6.07) is 2.23. The SMILES string of the molecule is O=C(c1ncncc1Cl)N1C[C@H](O)C[C@H]1c1cc(F)ccc1F. The van der Waals surface area contributed by atoms with E-state index in [0.29, 0.717) is 0 Å². The molecular formula is C15H12ClF2N3O2. The van der Waals surface area contributed by atoms with Crippen LogP contribution in [-0.4, -0.2) is 38.5 Å². The molecule has 0 bridgehead atoms. The third-order valence-electron chi connectivity index (χ3n) is 3.73. The van der Waals surface area contributed by atoms with Crippen molar-refractivity contribution in [1.82, 2.24) is 14.9 Å². The van der Waals surface area contributed by atoms with Gasteiger partial charge in [0.1, 0.15) is 23.7 Å². The Morgan fingerprint density at radius 2 is 2.17 bits per heavy atom. The van der Waals surface area contributed by atoms with Gasteiger partial charge in [-0.1, -0.05) is 11.6 Å². The highest BCUT2D eigenvalue weighted by Crippen LogP contribution is 2.35. The smallest absolute Gasteiger partial charge is 0.274 e. The quantitative estimate of drug-likeness (QED) is 0.912. The molecule has 0 spiro atoms. The number of halogens is 3. The van der Waals surface area contributed by atoms with E-state index in [1.54, 1.807) is 0 Å². The first-order valence-electron chi connectivity index (χ1n) is 6.87. The lowest BCUT2D eigenvalue weighted by atomic mass is 10.0. The molecule has 1 aliphatic rings. The van der Waals surface area contributed by atoms with Crippen molar-refractivity contribution in [3.05, 3.63) is 58.6 Å². The van der Waals surface area contributed by atoms with Gasteiger partial charge < -0.3 is 10.0 Å². The molecule has 1 aliphatic heterocycles. The van der Waals surface area contributed by atoms with Gasteiger partial charge in [0.25, 0.3) is 5.91 Å². The number of carbonyl (C=O) groups excluding carboxylic acids is 1. The average Bonchev–Trinajstić information content (AvgIpc) is 2.91. The first-order valence-corrected chi connectivity index (χ1v) is 7.24. The van der Waals surface area contributed by atoms with E-state index in [1.807, 2.05) is 0 Å². The van der Waals surface area contributed by atoms with Crippen LogP contribution in [0.2, 0.25) is 5.02 Å². The Hall–Kier alpha value is -2.12. The molecule has 5 nitrogen and oxygen atoms in total. The number of aliphatic hydroxyl groups is 1. The molecule has 3 rings (SSSR count). The van der Waals surface area contributed by atoms with Crippen molar-refractivity contribution in [2.75, 3.05) is 6.54 Å². The normalized spacial score (nSPS) is 20.8. The maximum Gasteiger partial charge on any atom is 0.274 e. The van der Waals surface area contributed by atoms with Crippen LogP contribution in [-0.2, 0) is 0 Å². The Balaban J connectivity index is 1.99. The summed E-state index contributed by atoms with van der Waals surface area (Å²) in [6.07, 6.45) is 1.71. The van der Waals surface area contributed by atoms with E-state index in [9.17, 15) is 18.7 Å². The Bertz CT molecular complexity index is 759. The highest BCUT2D eigenvalue weighted by molar-refractivity contribution is 6.33. The molecular weight excluding hydrogens is 328 g/mol. The molecule has 2 heterocycles. The minimum Gasteiger partial charge on any atom is -0.391 e.